The maximum absolute atomic E-state index is 6.80. The Morgan fingerprint density at radius 1 is 0.333 bits per heavy atom. The topological polar surface area (TPSA) is 61.7 Å². The fourth-order valence-corrected chi connectivity index (χ4v) is 8.59. The van der Waals surface area contributed by atoms with Crippen molar-refractivity contribution in [3.63, 3.8) is 0 Å². The zero-order valence-electron chi connectivity index (χ0n) is 30.5. The highest BCUT2D eigenvalue weighted by Crippen LogP contribution is 2.42. The van der Waals surface area contributed by atoms with Gasteiger partial charge in [-0.05, 0) is 72.8 Å². The van der Waals surface area contributed by atoms with Crippen molar-refractivity contribution in [1.82, 2.24) is 24.1 Å². The third-order valence-electron chi connectivity index (χ3n) is 11.2. The molecule has 0 spiro atoms. The molecule has 0 amide bonds. The minimum absolute atomic E-state index is 0.626. The fraction of sp³-hybridized carbons (Fsp3) is 0. The molecule has 0 saturated heterocycles. The Balaban J connectivity index is 1.00. The second kappa shape index (κ2) is 12.3. The van der Waals surface area contributed by atoms with Gasteiger partial charge in [0.2, 0.25) is 0 Å². The van der Waals surface area contributed by atoms with Gasteiger partial charge in [-0.25, -0.2) is 15.0 Å². The van der Waals surface area contributed by atoms with Crippen LogP contribution in [0, 0.1) is 0 Å². The molecule has 0 N–H and O–H groups in total. The summed E-state index contributed by atoms with van der Waals surface area (Å²) in [5, 5.41) is 6.91. The summed E-state index contributed by atoms with van der Waals surface area (Å²) < 4.78 is 11.5. The summed E-state index contributed by atoms with van der Waals surface area (Å²) in [5.74, 6) is 1.91. The smallest absolute Gasteiger partial charge is 0.164 e. The molecule has 8 aromatic carbocycles. The van der Waals surface area contributed by atoms with Crippen LogP contribution in [0.2, 0.25) is 0 Å². The molecule has 0 aliphatic rings. The minimum atomic E-state index is 0.626. The second-order valence-corrected chi connectivity index (χ2v) is 14.4. The van der Waals surface area contributed by atoms with Crippen molar-refractivity contribution in [3.8, 4) is 45.5 Å². The highest BCUT2D eigenvalue weighted by atomic mass is 16.3. The molecule has 12 rings (SSSR count). The van der Waals surface area contributed by atoms with Crippen LogP contribution in [0.25, 0.3) is 111 Å². The maximum Gasteiger partial charge on any atom is 0.164 e. The number of fused-ring (bicyclic) bond motifs is 10. The first-order valence-corrected chi connectivity index (χ1v) is 19.1. The van der Waals surface area contributed by atoms with E-state index in [1.54, 1.807) is 0 Å². The molecule has 0 radical (unpaired) electrons. The fourth-order valence-electron chi connectivity index (χ4n) is 8.59. The van der Waals surface area contributed by atoms with E-state index < -0.39 is 0 Å². The van der Waals surface area contributed by atoms with Crippen LogP contribution in [0.5, 0.6) is 0 Å². The lowest BCUT2D eigenvalue weighted by molar-refractivity contribution is 0.673. The van der Waals surface area contributed by atoms with Crippen molar-refractivity contribution in [3.05, 3.63) is 188 Å². The van der Waals surface area contributed by atoms with Crippen LogP contribution in [0.1, 0.15) is 0 Å². The number of benzene rings is 8. The Hall–Kier alpha value is -7.83. The van der Waals surface area contributed by atoms with Crippen molar-refractivity contribution in [1.29, 1.82) is 0 Å². The largest absolute Gasteiger partial charge is 0.455 e. The van der Waals surface area contributed by atoms with Gasteiger partial charge in [-0.3, -0.25) is 0 Å². The average molecular weight is 730 g/mol. The predicted molar refractivity (Wildman–Crippen MR) is 232 cm³/mol. The Morgan fingerprint density at radius 2 is 0.807 bits per heavy atom. The Morgan fingerprint density at radius 3 is 1.40 bits per heavy atom. The van der Waals surface area contributed by atoms with Crippen molar-refractivity contribution in [2.45, 2.75) is 0 Å². The van der Waals surface area contributed by atoms with E-state index in [1.165, 1.54) is 21.8 Å². The van der Waals surface area contributed by atoms with Crippen molar-refractivity contribution in [2.24, 2.45) is 0 Å². The monoisotopic (exact) mass is 729 g/mol. The summed E-state index contributed by atoms with van der Waals surface area (Å²) in [7, 11) is 0. The number of hydrogen-bond donors (Lipinski definition) is 0. The maximum atomic E-state index is 6.80. The van der Waals surface area contributed by atoms with Crippen LogP contribution in [-0.4, -0.2) is 24.1 Å². The molecule has 6 heteroatoms. The molecule has 0 aliphatic carbocycles. The minimum Gasteiger partial charge on any atom is -0.455 e. The van der Waals surface area contributed by atoms with Gasteiger partial charge in [0.25, 0.3) is 0 Å². The van der Waals surface area contributed by atoms with E-state index in [-0.39, 0.29) is 0 Å². The number of rotatable bonds is 5. The Bertz CT molecular complexity index is 3400. The van der Waals surface area contributed by atoms with E-state index in [0.717, 1.165) is 71.8 Å². The average Bonchev–Trinajstić information content (AvgIpc) is 3.94. The Labute approximate surface area is 326 Å². The van der Waals surface area contributed by atoms with E-state index in [4.69, 9.17) is 19.4 Å². The van der Waals surface area contributed by atoms with Gasteiger partial charge in [0.1, 0.15) is 11.2 Å². The lowest BCUT2D eigenvalue weighted by atomic mass is 10.1. The molecule has 0 saturated carbocycles. The number of hydrogen-bond acceptors (Lipinski definition) is 4. The second-order valence-electron chi connectivity index (χ2n) is 14.4. The van der Waals surface area contributed by atoms with Crippen molar-refractivity contribution >= 4 is 65.6 Å². The van der Waals surface area contributed by atoms with Crippen LogP contribution < -0.4 is 0 Å². The standard InChI is InChI=1S/C51H31N5O/c1-3-13-32(14-4-1)49-52-50(33-15-5-2-6-16-33)54-51(53-49)34-23-25-35(26-24-34)55-44-22-12-9-19-40(44)47-45(55)29-28-39-41-31-36(27-30-46(41)57-48(39)47)56-42-20-10-7-17-37(42)38-18-8-11-21-43(38)56/h1-31H. The van der Waals surface area contributed by atoms with Crippen molar-refractivity contribution < 1.29 is 4.42 Å². The van der Waals surface area contributed by atoms with Gasteiger partial charge in [-0.15, -0.1) is 0 Å². The lowest BCUT2D eigenvalue weighted by Gasteiger charge is -2.10. The Kier molecular flexibility index (Phi) is 6.83. The SMILES string of the molecule is c1ccc(-c2nc(-c3ccccc3)nc(-c3ccc(-n4c5ccccc5c5c6oc7ccc(-n8c9ccccc9c9ccccc98)cc7c6ccc54)cc3)n2)cc1. The van der Waals surface area contributed by atoms with Gasteiger partial charge in [-0.1, -0.05) is 115 Å². The summed E-state index contributed by atoms with van der Waals surface area (Å²) in [6.45, 7) is 0. The van der Waals surface area contributed by atoms with Crippen molar-refractivity contribution in [2.75, 3.05) is 0 Å². The molecule has 0 atom stereocenters. The number of nitrogens with zero attached hydrogens (tertiary/aromatic N) is 5. The zero-order chi connectivity index (χ0) is 37.5. The normalized spacial score (nSPS) is 11.9. The third-order valence-corrected chi connectivity index (χ3v) is 11.2. The lowest BCUT2D eigenvalue weighted by Crippen LogP contribution is -2.00. The molecule has 0 aliphatic heterocycles. The molecular formula is C51H31N5O. The molecule has 12 aromatic rings. The predicted octanol–water partition coefficient (Wildman–Crippen LogP) is 13.0. The summed E-state index contributed by atoms with van der Waals surface area (Å²) in [5.41, 5.74) is 11.3. The number of aromatic nitrogens is 5. The molecule has 266 valence electrons. The number of furan rings is 1. The van der Waals surface area contributed by atoms with E-state index in [0.29, 0.717) is 17.5 Å². The molecule has 4 heterocycles. The van der Waals surface area contributed by atoms with Gasteiger partial charge in [-0.2, -0.15) is 0 Å². The first kappa shape index (κ1) is 31.5. The van der Waals surface area contributed by atoms with Crippen LogP contribution >= 0.6 is 0 Å². The van der Waals surface area contributed by atoms with E-state index in [1.807, 2.05) is 60.7 Å². The molecule has 0 bridgehead atoms. The van der Waals surface area contributed by atoms with Crippen LogP contribution in [0.4, 0.5) is 0 Å². The van der Waals surface area contributed by atoms with Crippen LogP contribution in [0.3, 0.4) is 0 Å². The first-order chi connectivity index (χ1) is 28.3. The van der Waals surface area contributed by atoms with E-state index in [2.05, 4.69) is 137 Å². The molecule has 4 aromatic heterocycles. The molecule has 57 heavy (non-hydrogen) atoms. The zero-order valence-corrected chi connectivity index (χ0v) is 30.5. The quantitative estimate of drug-likeness (QED) is 0.177. The summed E-state index contributed by atoms with van der Waals surface area (Å²) in [6, 6.07) is 65.5. The van der Waals surface area contributed by atoms with Gasteiger partial charge in [0.05, 0.1) is 27.5 Å². The highest BCUT2D eigenvalue weighted by molar-refractivity contribution is 6.24. The number of para-hydroxylation sites is 3. The highest BCUT2D eigenvalue weighted by Gasteiger charge is 2.20. The van der Waals surface area contributed by atoms with Gasteiger partial charge >= 0.3 is 0 Å². The summed E-state index contributed by atoms with van der Waals surface area (Å²) >= 11 is 0. The van der Waals surface area contributed by atoms with Crippen LogP contribution in [-0.2, 0) is 0 Å². The van der Waals surface area contributed by atoms with Gasteiger partial charge in [0, 0.05) is 55.0 Å². The molecule has 0 fully saturated rings. The summed E-state index contributed by atoms with van der Waals surface area (Å²) in [4.78, 5) is 14.8. The molecule has 0 unspecified atom stereocenters. The van der Waals surface area contributed by atoms with Gasteiger partial charge < -0.3 is 13.6 Å². The van der Waals surface area contributed by atoms with E-state index >= 15 is 0 Å². The molecule has 6 nitrogen and oxygen atoms in total. The molecular weight excluding hydrogens is 699 g/mol. The first-order valence-electron chi connectivity index (χ1n) is 19.1. The van der Waals surface area contributed by atoms with E-state index in [9.17, 15) is 0 Å². The third kappa shape index (κ3) is 4.87. The summed E-state index contributed by atoms with van der Waals surface area (Å²) in [6.07, 6.45) is 0. The van der Waals surface area contributed by atoms with Crippen LogP contribution in [0.15, 0.2) is 192 Å². The van der Waals surface area contributed by atoms with Gasteiger partial charge in [0.15, 0.2) is 17.5 Å².